The number of halogens is 3. The second kappa shape index (κ2) is 7.95. The van der Waals surface area contributed by atoms with Crippen molar-refractivity contribution < 1.29 is 22.3 Å². The molecule has 3 rings (SSSR count). The molecule has 0 fully saturated rings. The van der Waals surface area contributed by atoms with Gasteiger partial charge in [0.15, 0.2) is 9.84 Å². The van der Waals surface area contributed by atoms with Crippen LogP contribution in [0.4, 0.5) is 8.78 Å². The van der Waals surface area contributed by atoms with E-state index >= 15 is 0 Å². The standard InChI is InChI=1S/C20H16ClF2NO3S/c1-12-10-24-15(11-25)9-17(12)20(18-8-14(22)4-7-19(18)23)28(26,27)16-5-2-13(21)3-6-16/h2-10,20,25H,11H2,1H3. The smallest absolute Gasteiger partial charge is 0.189 e. The van der Waals surface area contributed by atoms with Crippen molar-refractivity contribution in [3.63, 3.8) is 0 Å². The van der Waals surface area contributed by atoms with Gasteiger partial charge in [0.05, 0.1) is 17.2 Å². The highest BCUT2D eigenvalue weighted by molar-refractivity contribution is 7.92. The number of sulfone groups is 1. The molecule has 0 radical (unpaired) electrons. The van der Waals surface area contributed by atoms with Crippen molar-refractivity contribution in [3.05, 3.63) is 93.8 Å². The number of hydrogen-bond donors (Lipinski definition) is 1. The normalized spacial score (nSPS) is 12.8. The second-order valence-electron chi connectivity index (χ2n) is 6.24. The molecule has 1 atom stereocenters. The molecule has 8 heteroatoms. The predicted molar refractivity (Wildman–Crippen MR) is 102 cm³/mol. The van der Waals surface area contributed by atoms with Crippen molar-refractivity contribution in [2.75, 3.05) is 0 Å². The van der Waals surface area contributed by atoms with Crippen LogP contribution in [0.1, 0.15) is 27.6 Å². The average molecular weight is 424 g/mol. The zero-order valence-electron chi connectivity index (χ0n) is 14.7. The minimum Gasteiger partial charge on any atom is -0.390 e. The maximum absolute atomic E-state index is 14.6. The van der Waals surface area contributed by atoms with Crippen LogP contribution < -0.4 is 0 Å². The monoisotopic (exact) mass is 423 g/mol. The number of aryl methyl sites for hydroxylation is 1. The Hall–Kier alpha value is -2.35. The molecule has 28 heavy (non-hydrogen) atoms. The van der Waals surface area contributed by atoms with E-state index < -0.39 is 33.3 Å². The lowest BCUT2D eigenvalue weighted by Gasteiger charge is -2.22. The van der Waals surface area contributed by atoms with E-state index in [0.29, 0.717) is 10.6 Å². The van der Waals surface area contributed by atoms with E-state index in [2.05, 4.69) is 4.98 Å². The molecule has 0 saturated carbocycles. The third kappa shape index (κ3) is 3.92. The van der Waals surface area contributed by atoms with Crippen molar-refractivity contribution in [2.24, 2.45) is 0 Å². The number of benzene rings is 2. The van der Waals surface area contributed by atoms with Gasteiger partial charge < -0.3 is 5.11 Å². The number of pyridine rings is 1. The molecule has 0 aliphatic carbocycles. The van der Waals surface area contributed by atoms with Gasteiger partial charge >= 0.3 is 0 Å². The number of nitrogens with zero attached hydrogens (tertiary/aromatic N) is 1. The molecule has 146 valence electrons. The SMILES string of the molecule is Cc1cnc(CO)cc1C(c1cc(F)ccc1F)S(=O)(=O)c1ccc(Cl)cc1. The molecule has 1 aromatic heterocycles. The van der Waals surface area contributed by atoms with E-state index in [1.165, 1.54) is 36.5 Å². The lowest BCUT2D eigenvalue weighted by atomic mass is 10.00. The van der Waals surface area contributed by atoms with E-state index in [4.69, 9.17) is 11.6 Å². The lowest BCUT2D eigenvalue weighted by Crippen LogP contribution is -2.18. The summed E-state index contributed by atoms with van der Waals surface area (Å²) in [5.74, 6) is -1.62. The van der Waals surface area contributed by atoms with Gasteiger partial charge in [-0.2, -0.15) is 0 Å². The Morgan fingerprint density at radius 1 is 1.07 bits per heavy atom. The molecule has 2 aromatic carbocycles. The summed E-state index contributed by atoms with van der Waals surface area (Å²) in [4.78, 5) is 3.92. The highest BCUT2D eigenvalue weighted by Gasteiger charge is 2.34. The van der Waals surface area contributed by atoms with Gasteiger partial charge in [0.25, 0.3) is 0 Å². The largest absolute Gasteiger partial charge is 0.390 e. The Morgan fingerprint density at radius 3 is 2.39 bits per heavy atom. The van der Waals surface area contributed by atoms with E-state index in [-0.39, 0.29) is 21.7 Å². The highest BCUT2D eigenvalue weighted by Crippen LogP contribution is 2.38. The quantitative estimate of drug-likeness (QED) is 0.661. The van der Waals surface area contributed by atoms with Crippen molar-refractivity contribution in [3.8, 4) is 0 Å². The van der Waals surface area contributed by atoms with Gasteiger partial charge in [-0.15, -0.1) is 0 Å². The van der Waals surface area contributed by atoms with E-state index in [0.717, 1.165) is 18.2 Å². The summed E-state index contributed by atoms with van der Waals surface area (Å²) in [6.45, 7) is 1.19. The van der Waals surface area contributed by atoms with Crippen LogP contribution in [0.3, 0.4) is 0 Å². The fraction of sp³-hybridized carbons (Fsp3) is 0.150. The van der Waals surface area contributed by atoms with Crippen molar-refractivity contribution in [1.29, 1.82) is 0 Å². The van der Waals surface area contributed by atoms with Crippen molar-refractivity contribution >= 4 is 21.4 Å². The number of aromatic nitrogens is 1. The summed E-state index contributed by atoms with van der Waals surface area (Å²) in [7, 11) is -4.19. The van der Waals surface area contributed by atoms with Crippen LogP contribution in [-0.2, 0) is 16.4 Å². The summed E-state index contributed by atoms with van der Waals surface area (Å²) in [6.07, 6.45) is 1.39. The van der Waals surface area contributed by atoms with Crippen LogP contribution in [0.15, 0.2) is 59.6 Å². The topological polar surface area (TPSA) is 67.3 Å². The molecule has 1 unspecified atom stereocenters. The predicted octanol–water partition coefficient (Wildman–Crippen LogP) is 4.38. The maximum Gasteiger partial charge on any atom is 0.189 e. The molecule has 1 N–H and O–H groups in total. The molecule has 4 nitrogen and oxygen atoms in total. The minimum absolute atomic E-state index is 0.0904. The van der Waals surface area contributed by atoms with Crippen LogP contribution in [0.25, 0.3) is 0 Å². The Labute approximate surface area is 166 Å². The highest BCUT2D eigenvalue weighted by atomic mass is 35.5. The zero-order chi connectivity index (χ0) is 20.5. The maximum atomic E-state index is 14.6. The first kappa shape index (κ1) is 20.4. The minimum atomic E-state index is -4.19. The molecule has 0 bridgehead atoms. The lowest BCUT2D eigenvalue weighted by molar-refractivity contribution is 0.276. The number of rotatable bonds is 5. The van der Waals surface area contributed by atoms with Crippen molar-refractivity contribution in [2.45, 2.75) is 23.7 Å². The van der Waals surface area contributed by atoms with Crippen LogP contribution >= 0.6 is 11.6 Å². The Kier molecular flexibility index (Phi) is 5.79. The summed E-state index contributed by atoms with van der Waals surface area (Å²) in [6, 6.07) is 9.50. The van der Waals surface area contributed by atoms with E-state index in [1.54, 1.807) is 6.92 Å². The van der Waals surface area contributed by atoms with Gasteiger partial charge in [-0.25, -0.2) is 17.2 Å². The molecule has 0 saturated heterocycles. The molecular formula is C20H16ClF2NO3S. The molecule has 0 aliphatic heterocycles. The molecule has 3 aromatic rings. The molecule has 0 spiro atoms. The summed E-state index contributed by atoms with van der Waals surface area (Å²) < 4.78 is 55.4. The van der Waals surface area contributed by atoms with Gasteiger partial charge in [0.1, 0.15) is 16.9 Å². The number of hydrogen-bond acceptors (Lipinski definition) is 4. The Bertz CT molecular complexity index is 1120. The molecule has 1 heterocycles. The summed E-state index contributed by atoms with van der Waals surface area (Å²) in [5, 5.41) is 8.21. The fourth-order valence-electron chi connectivity index (χ4n) is 2.93. The molecular weight excluding hydrogens is 408 g/mol. The van der Waals surface area contributed by atoms with Crippen LogP contribution in [0.5, 0.6) is 0 Å². The van der Waals surface area contributed by atoms with Crippen LogP contribution in [0, 0.1) is 18.6 Å². The van der Waals surface area contributed by atoms with Crippen molar-refractivity contribution in [1.82, 2.24) is 4.98 Å². The third-order valence-corrected chi connectivity index (χ3v) is 6.65. The second-order valence-corrected chi connectivity index (χ2v) is 8.70. The average Bonchev–Trinajstić information content (AvgIpc) is 2.66. The molecule has 0 amide bonds. The first-order valence-corrected chi connectivity index (χ1v) is 10.2. The van der Waals surface area contributed by atoms with Gasteiger partial charge in [-0.3, -0.25) is 4.98 Å². The van der Waals surface area contributed by atoms with Gasteiger partial charge in [-0.05, 0) is 66.6 Å². The number of aliphatic hydroxyl groups excluding tert-OH is 1. The summed E-state index contributed by atoms with van der Waals surface area (Å²) in [5.41, 5.74) is 0.559. The number of aliphatic hydroxyl groups is 1. The Morgan fingerprint density at radius 2 is 1.75 bits per heavy atom. The van der Waals surface area contributed by atoms with Crippen LogP contribution in [0.2, 0.25) is 5.02 Å². The summed E-state index contributed by atoms with van der Waals surface area (Å²) >= 11 is 5.85. The van der Waals surface area contributed by atoms with Gasteiger partial charge in [-0.1, -0.05) is 11.6 Å². The van der Waals surface area contributed by atoms with Crippen LogP contribution in [-0.4, -0.2) is 18.5 Å². The fourth-order valence-corrected chi connectivity index (χ4v) is 4.95. The molecule has 0 aliphatic rings. The Balaban J connectivity index is 2.32. The first-order chi connectivity index (χ1) is 13.2. The zero-order valence-corrected chi connectivity index (χ0v) is 16.3. The van der Waals surface area contributed by atoms with E-state index in [9.17, 15) is 22.3 Å². The van der Waals surface area contributed by atoms with Gasteiger partial charge in [0, 0.05) is 16.8 Å². The first-order valence-electron chi connectivity index (χ1n) is 8.24. The van der Waals surface area contributed by atoms with E-state index in [1.807, 2.05) is 0 Å². The van der Waals surface area contributed by atoms with Gasteiger partial charge in [0.2, 0.25) is 0 Å². The third-order valence-electron chi connectivity index (χ3n) is 4.34.